The van der Waals surface area contributed by atoms with Crippen molar-refractivity contribution in [3.63, 3.8) is 0 Å². The molecule has 0 spiro atoms. The van der Waals surface area contributed by atoms with Crippen LogP contribution in [0.4, 0.5) is 27.6 Å². The summed E-state index contributed by atoms with van der Waals surface area (Å²) < 4.78 is 65.1. The van der Waals surface area contributed by atoms with Gasteiger partial charge >= 0.3 is 57.6 Å². The van der Waals surface area contributed by atoms with Gasteiger partial charge in [-0.25, -0.2) is 8.78 Å². The van der Waals surface area contributed by atoms with Crippen LogP contribution in [-0.4, -0.2) is 29.5 Å². The molecule has 0 bridgehead atoms. The molecule has 1 amide bonds. The summed E-state index contributed by atoms with van der Waals surface area (Å²) in [5.41, 5.74) is -1.91. The number of carboxylic acid groups (broad SMARTS) is 1. The minimum atomic E-state index is -4.82. The summed E-state index contributed by atoms with van der Waals surface area (Å²) in [7, 11) is 0. The SMILES string of the molecule is O=C([O-])CC(CO)C(=O)Nc1cc(C2CC2(F)F)cc(C(F)(F)F)c1.[K+]. The molecule has 1 aromatic carbocycles. The Hall–Kier alpha value is -0.594. The molecular weight excluding hydrogens is 392 g/mol. The topological polar surface area (TPSA) is 89.5 Å². The summed E-state index contributed by atoms with van der Waals surface area (Å²) in [6.07, 6.45) is -6.25. The second kappa shape index (κ2) is 8.61. The van der Waals surface area contributed by atoms with Crippen LogP contribution in [0.25, 0.3) is 0 Å². The molecule has 0 saturated heterocycles. The second-order valence-corrected chi connectivity index (χ2v) is 5.80. The van der Waals surface area contributed by atoms with Gasteiger partial charge in [0, 0.05) is 24.5 Å². The van der Waals surface area contributed by atoms with Crippen molar-refractivity contribution in [3.8, 4) is 0 Å². The number of amides is 1. The molecule has 1 fully saturated rings. The Morgan fingerprint density at radius 2 is 1.88 bits per heavy atom. The number of halogens is 5. The van der Waals surface area contributed by atoms with Crippen molar-refractivity contribution < 1.29 is 93.1 Å². The number of aliphatic hydroxyl groups is 1. The standard InChI is InChI=1S/C15H14F5NO4.K/c16-14(17)5-11(14)7-1-9(15(18,19)20)4-10(2-7)21-13(25)8(6-22)3-12(23)24;/h1-2,4,8,11,22H,3,5-6H2,(H,21,25)(H,23,24);/q;+1/p-1. The number of aliphatic hydroxyl groups excluding tert-OH is 1. The van der Waals surface area contributed by atoms with Crippen LogP contribution in [0.5, 0.6) is 0 Å². The Morgan fingerprint density at radius 3 is 2.31 bits per heavy atom. The van der Waals surface area contributed by atoms with E-state index in [1.165, 1.54) is 0 Å². The first-order valence-electron chi connectivity index (χ1n) is 7.15. The Labute approximate surface area is 187 Å². The normalized spacial score (nSPS) is 19.2. The average molecular weight is 405 g/mol. The van der Waals surface area contributed by atoms with Gasteiger partial charge in [-0.15, -0.1) is 0 Å². The molecule has 11 heteroatoms. The van der Waals surface area contributed by atoms with Crippen LogP contribution in [0.2, 0.25) is 0 Å². The van der Waals surface area contributed by atoms with E-state index < -0.39 is 66.5 Å². The smallest absolute Gasteiger partial charge is 0.550 e. The largest absolute Gasteiger partial charge is 1.00 e. The van der Waals surface area contributed by atoms with Crippen LogP contribution >= 0.6 is 0 Å². The minimum Gasteiger partial charge on any atom is -0.550 e. The molecule has 1 saturated carbocycles. The van der Waals surface area contributed by atoms with E-state index >= 15 is 0 Å². The third-order valence-corrected chi connectivity index (χ3v) is 3.78. The molecule has 0 radical (unpaired) electrons. The first-order valence-corrected chi connectivity index (χ1v) is 7.15. The van der Waals surface area contributed by atoms with Crippen molar-refractivity contribution in [1.82, 2.24) is 0 Å². The molecule has 1 aliphatic carbocycles. The molecule has 0 heterocycles. The van der Waals surface area contributed by atoms with Crippen LogP contribution in [-0.2, 0) is 15.8 Å². The Balaban J connectivity index is 0.00000338. The van der Waals surface area contributed by atoms with Crippen molar-refractivity contribution in [3.05, 3.63) is 29.3 Å². The number of benzene rings is 1. The number of carboxylic acids is 1. The van der Waals surface area contributed by atoms with Crippen LogP contribution in [0.3, 0.4) is 0 Å². The van der Waals surface area contributed by atoms with Gasteiger partial charge in [-0.2, -0.15) is 13.2 Å². The fourth-order valence-corrected chi connectivity index (χ4v) is 2.35. The number of aliphatic carboxylic acids is 1. The number of nitrogens with one attached hydrogen (secondary N) is 1. The van der Waals surface area contributed by atoms with Gasteiger partial charge in [0.05, 0.1) is 24.0 Å². The Kier molecular flexibility index (Phi) is 7.76. The molecule has 0 aliphatic heterocycles. The zero-order valence-electron chi connectivity index (χ0n) is 13.6. The van der Waals surface area contributed by atoms with Gasteiger partial charge in [-0.1, -0.05) is 0 Å². The molecule has 5 nitrogen and oxygen atoms in total. The van der Waals surface area contributed by atoms with Gasteiger partial charge in [-0.05, 0) is 23.8 Å². The number of rotatable bonds is 6. The number of hydrogen-bond donors (Lipinski definition) is 2. The van der Waals surface area contributed by atoms with Gasteiger partial charge in [0.1, 0.15) is 0 Å². The number of hydrogen-bond acceptors (Lipinski definition) is 4. The summed E-state index contributed by atoms with van der Waals surface area (Å²) in [6, 6.07) is 2.12. The summed E-state index contributed by atoms with van der Waals surface area (Å²) in [5.74, 6) is -8.60. The zero-order valence-corrected chi connectivity index (χ0v) is 16.7. The molecule has 1 aliphatic rings. The van der Waals surface area contributed by atoms with Gasteiger partial charge in [0.15, 0.2) is 0 Å². The number of carbonyl (C=O) groups excluding carboxylic acids is 2. The summed E-state index contributed by atoms with van der Waals surface area (Å²) in [5, 5.41) is 21.5. The zero-order chi connectivity index (χ0) is 19.0. The van der Waals surface area contributed by atoms with E-state index in [0.29, 0.717) is 12.1 Å². The van der Waals surface area contributed by atoms with Gasteiger partial charge in [0.2, 0.25) is 5.91 Å². The van der Waals surface area contributed by atoms with E-state index in [1.54, 1.807) is 0 Å². The quantitative estimate of drug-likeness (QED) is 0.446. The molecule has 0 aromatic heterocycles. The van der Waals surface area contributed by atoms with Crippen LogP contribution in [0.1, 0.15) is 29.9 Å². The second-order valence-electron chi connectivity index (χ2n) is 5.80. The van der Waals surface area contributed by atoms with Crippen molar-refractivity contribution in [2.75, 3.05) is 11.9 Å². The molecule has 2 atom stereocenters. The van der Waals surface area contributed by atoms with Crippen LogP contribution < -0.4 is 61.8 Å². The molecule has 138 valence electrons. The molecular formula is C15H13F5KNO4. The van der Waals surface area contributed by atoms with Gasteiger partial charge in [-0.3, -0.25) is 4.79 Å². The van der Waals surface area contributed by atoms with Crippen molar-refractivity contribution >= 4 is 17.6 Å². The van der Waals surface area contributed by atoms with E-state index in [4.69, 9.17) is 5.11 Å². The first-order chi connectivity index (χ1) is 11.4. The monoisotopic (exact) mass is 405 g/mol. The third-order valence-electron chi connectivity index (χ3n) is 3.78. The third kappa shape index (κ3) is 5.96. The van der Waals surface area contributed by atoms with E-state index in [-0.39, 0.29) is 56.9 Å². The van der Waals surface area contributed by atoms with Crippen LogP contribution in [0.15, 0.2) is 18.2 Å². The van der Waals surface area contributed by atoms with Gasteiger partial charge < -0.3 is 20.3 Å². The average Bonchev–Trinajstić information content (AvgIpc) is 3.12. The fraction of sp³-hybridized carbons (Fsp3) is 0.467. The molecule has 2 N–H and O–H groups in total. The fourth-order valence-electron chi connectivity index (χ4n) is 2.35. The number of carbonyl (C=O) groups is 2. The predicted molar refractivity (Wildman–Crippen MR) is 72.6 cm³/mol. The van der Waals surface area contributed by atoms with E-state index in [9.17, 15) is 36.6 Å². The predicted octanol–water partition coefficient (Wildman–Crippen LogP) is -1.48. The van der Waals surface area contributed by atoms with E-state index in [2.05, 4.69) is 0 Å². The summed E-state index contributed by atoms with van der Waals surface area (Å²) in [4.78, 5) is 22.4. The van der Waals surface area contributed by atoms with Crippen molar-refractivity contribution in [2.24, 2.45) is 5.92 Å². The minimum absolute atomic E-state index is 0. The van der Waals surface area contributed by atoms with Crippen molar-refractivity contribution in [2.45, 2.75) is 30.9 Å². The van der Waals surface area contributed by atoms with E-state index in [0.717, 1.165) is 6.07 Å². The molecule has 26 heavy (non-hydrogen) atoms. The van der Waals surface area contributed by atoms with Crippen LogP contribution in [0, 0.1) is 5.92 Å². The summed E-state index contributed by atoms with van der Waals surface area (Å²) in [6.45, 7) is -0.869. The number of anilines is 1. The molecule has 1 aromatic rings. The van der Waals surface area contributed by atoms with Crippen molar-refractivity contribution in [1.29, 1.82) is 0 Å². The van der Waals surface area contributed by atoms with E-state index in [1.807, 2.05) is 5.32 Å². The summed E-state index contributed by atoms with van der Waals surface area (Å²) >= 11 is 0. The first kappa shape index (κ1) is 23.4. The molecule has 2 unspecified atom stereocenters. The maximum Gasteiger partial charge on any atom is 1.00 e. The van der Waals surface area contributed by atoms with Gasteiger partial charge in [0.25, 0.3) is 5.92 Å². The Morgan fingerprint density at radius 1 is 1.31 bits per heavy atom. The Bertz CT molecular complexity index is 695. The number of alkyl halides is 5. The maximum absolute atomic E-state index is 13.2. The molecule has 2 rings (SSSR count). The maximum atomic E-state index is 13.2.